The zero-order chi connectivity index (χ0) is 19.8. The predicted molar refractivity (Wildman–Crippen MR) is 113 cm³/mol. The Hall–Kier alpha value is -2.01. The molecule has 0 saturated heterocycles. The molecule has 1 aromatic heterocycles. The van der Waals surface area contributed by atoms with Crippen molar-refractivity contribution in [1.29, 1.82) is 0 Å². The van der Waals surface area contributed by atoms with Crippen LogP contribution in [0.15, 0.2) is 42.1 Å². The van der Waals surface area contributed by atoms with E-state index < -0.39 is 0 Å². The Morgan fingerprint density at radius 3 is 2.59 bits per heavy atom. The maximum Gasteiger partial charge on any atom is 0.221 e. The van der Waals surface area contributed by atoms with Gasteiger partial charge in [-0.25, -0.2) is 4.98 Å². The second-order valence-electron chi connectivity index (χ2n) is 6.85. The van der Waals surface area contributed by atoms with Gasteiger partial charge in [0.2, 0.25) is 5.88 Å². The summed E-state index contributed by atoms with van der Waals surface area (Å²) in [5, 5.41) is 1.18. The molecule has 1 heterocycles. The third kappa shape index (κ3) is 6.58. The third-order valence-electron chi connectivity index (χ3n) is 3.71. The first-order chi connectivity index (χ1) is 12.9. The van der Waals surface area contributed by atoms with E-state index in [1.165, 1.54) is 0 Å². The van der Waals surface area contributed by atoms with E-state index in [9.17, 15) is 0 Å². The van der Waals surface area contributed by atoms with Crippen molar-refractivity contribution >= 4 is 11.8 Å². The molecule has 4 nitrogen and oxygen atoms in total. The van der Waals surface area contributed by atoms with E-state index in [2.05, 4.69) is 44.5 Å². The van der Waals surface area contributed by atoms with E-state index in [1.54, 1.807) is 17.8 Å². The molecule has 0 aliphatic carbocycles. The minimum atomic E-state index is 0.0746. The predicted octanol–water partition coefficient (Wildman–Crippen LogP) is 5.48. The van der Waals surface area contributed by atoms with Crippen molar-refractivity contribution < 1.29 is 9.47 Å². The Kier molecular flexibility index (Phi) is 8.17. The van der Waals surface area contributed by atoms with Gasteiger partial charge < -0.3 is 9.47 Å². The lowest BCUT2D eigenvalue weighted by Crippen LogP contribution is -2.13. The highest BCUT2D eigenvalue weighted by molar-refractivity contribution is 7.99. The van der Waals surface area contributed by atoms with Crippen molar-refractivity contribution in [3.63, 3.8) is 0 Å². The lowest BCUT2D eigenvalue weighted by Gasteiger charge is -2.17. The number of nitrogens with zero attached hydrogens (tertiary/aromatic N) is 2. The standard InChI is InChI=1S/C22H30N2O2S/c1-7-12-25-18-11-9-10-17(13-18)14-20-19(8-2)21(26-15(3)4)24-22(23-20)27-16(5)6/h7,9-11,13,15-16H,1,8,12,14H2,2-6H3. The maximum atomic E-state index is 6.01. The summed E-state index contributed by atoms with van der Waals surface area (Å²) in [6.07, 6.45) is 3.37. The van der Waals surface area contributed by atoms with Crippen molar-refractivity contribution in [3.8, 4) is 11.6 Å². The highest BCUT2D eigenvalue weighted by atomic mass is 32.2. The van der Waals surface area contributed by atoms with Gasteiger partial charge in [0.25, 0.3) is 0 Å². The van der Waals surface area contributed by atoms with Crippen LogP contribution in [0.3, 0.4) is 0 Å². The van der Waals surface area contributed by atoms with Gasteiger partial charge in [-0.2, -0.15) is 4.98 Å². The molecule has 0 aliphatic rings. The van der Waals surface area contributed by atoms with E-state index in [-0.39, 0.29) is 6.10 Å². The first-order valence-corrected chi connectivity index (χ1v) is 10.4. The smallest absolute Gasteiger partial charge is 0.221 e. The number of rotatable bonds is 10. The summed E-state index contributed by atoms with van der Waals surface area (Å²) in [5.41, 5.74) is 3.25. The van der Waals surface area contributed by atoms with E-state index in [0.717, 1.165) is 40.6 Å². The van der Waals surface area contributed by atoms with Crippen LogP contribution in [0.25, 0.3) is 0 Å². The van der Waals surface area contributed by atoms with E-state index in [4.69, 9.17) is 14.5 Å². The molecular weight excluding hydrogens is 356 g/mol. The van der Waals surface area contributed by atoms with Crippen molar-refractivity contribution in [1.82, 2.24) is 9.97 Å². The summed E-state index contributed by atoms with van der Waals surface area (Å²) in [6, 6.07) is 8.13. The minimum absolute atomic E-state index is 0.0746. The van der Waals surface area contributed by atoms with Crippen molar-refractivity contribution in [2.75, 3.05) is 6.61 Å². The van der Waals surface area contributed by atoms with E-state index in [0.29, 0.717) is 17.7 Å². The molecule has 1 aromatic carbocycles. The second-order valence-corrected chi connectivity index (χ2v) is 8.39. The van der Waals surface area contributed by atoms with Gasteiger partial charge >= 0.3 is 0 Å². The van der Waals surface area contributed by atoms with Crippen LogP contribution in [-0.4, -0.2) is 27.9 Å². The maximum absolute atomic E-state index is 6.01. The Morgan fingerprint density at radius 1 is 1.19 bits per heavy atom. The first-order valence-electron chi connectivity index (χ1n) is 9.48. The second kappa shape index (κ2) is 10.4. The van der Waals surface area contributed by atoms with Crippen LogP contribution >= 0.6 is 11.8 Å². The van der Waals surface area contributed by atoms with Gasteiger partial charge in [-0.05, 0) is 38.0 Å². The molecule has 0 amide bonds. The summed E-state index contributed by atoms with van der Waals surface area (Å²) >= 11 is 1.66. The largest absolute Gasteiger partial charge is 0.490 e. The average molecular weight is 387 g/mol. The number of hydrogen-bond acceptors (Lipinski definition) is 5. The molecule has 0 spiro atoms. The Morgan fingerprint density at radius 2 is 1.96 bits per heavy atom. The van der Waals surface area contributed by atoms with Crippen LogP contribution in [0.2, 0.25) is 0 Å². The molecule has 0 aliphatic heterocycles. The zero-order valence-corrected chi connectivity index (χ0v) is 17.8. The zero-order valence-electron chi connectivity index (χ0n) is 17.0. The molecular formula is C22H30N2O2S. The molecule has 0 N–H and O–H groups in total. The first kappa shape index (κ1) is 21.3. The molecule has 0 atom stereocenters. The number of thioether (sulfide) groups is 1. The van der Waals surface area contributed by atoms with Crippen LogP contribution in [0.1, 0.15) is 51.4 Å². The Balaban J connectivity index is 2.39. The molecule has 2 rings (SSSR count). The topological polar surface area (TPSA) is 44.2 Å². The van der Waals surface area contributed by atoms with Gasteiger partial charge in [-0.1, -0.05) is 57.3 Å². The summed E-state index contributed by atoms with van der Waals surface area (Å²) < 4.78 is 11.7. The fraction of sp³-hybridized carbons (Fsp3) is 0.455. The van der Waals surface area contributed by atoms with Gasteiger partial charge in [0, 0.05) is 17.2 Å². The Bertz CT molecular complexity index is 760. The van der Waals surface area contributed by atoms with Crippen LogP contribution in [0.5, 0.6) is 11.6 Å². The molecule has 0 unspecified atom stereocenters. The third-order valence-corrected chi connectivity index (χ3v) is 4.58. The van der Waals surface area contributed by atoms with Gasteiger partial charge in [-0.15, -0.1) is 0 Å². The SMILES string of the molecule is C=CCOc1cccc(Cc2nc(SC(C)C)nc(OC(C)C)c2CC)c1. The number of benzene rings is 1. The molecule has 2 aromatic rings. The normalized spacial score (nSPS) is 11.1. The molecule has 0 fully saturated rings. The lowest BCUT2D eigenvalue weighted by atomic mass is 10.0. The Labute approximate surface area is 167 Å². The molecule has 27 heavy (non-hydrogen) atoms. The fourth-order valence-corrected chi connectivity index (χ4v) is 3.39. The molecule has 0 saturated carbocycles. The van der Waals surface area contributed by atoms with Crippen LogP contribution in [-0.2, 0) is 12.8 Å². The van der Waals surface area contributed by atoms with E-state index >= 15 is 0 Å². The summed E-state index contributed by atoms with van der Waals surface area (Å²) in [4.78, 5) is 9.53. The van der Waals surface area contributed by atoms with Gasteiger partial charge in [-0.3, -0.25) is 0 Å². The number of aromatic nitrogens is 2. The monoisotopic (exact) mass is 386 g/mol. The van der Waals surface area contributed by atoms with Crippen molar-refractivity contribution in [2.24, 2.45) is 0 Å². The van der Waals surface area contributed by atoms with Gasteiger partial charge in [0.05, 0.1) is 11.8 Å². The van der Waals surface area contributed by atoms with E-state index in [1.807, 2.05) is 26.0 Å². The van der Waals surface area contributed by atoms with Crippen LogP contribution in [0, 0.1) is 0 Å². The van der Waals surface area contributed by atoms with Crippen molar-refractivity contribution in [2.45, 2.75) is 64.0 Å². The quantitative estimate of drug-likeness (QED) is 0.307. The van der Waals surface area contributed by atoms with Gasteiger partial charge in [0.1, 0.15) is 12.4 Å². The van der Waals surface area contributed by atoms with Crippen LogP contribution in [0.4, 0.5) is 0 Å². The molecule has 146 valence electrons. The number of ether oxygens (including phenoxy) is 2. The lowest BCUT2D eigenvalue weighted by molar-refractivity contribution is 0.227. The summed E-state index contributed by atoms with van der Waals surface area (Å²) in [6.45, 7) is 14.7. The molecule has 0 bridgehead atoms. The molecule has 5 heteroatoms. The summed E-state index contributed by atoms with van der Waals surface area (Å²) in [7, 11) is 0. The minimum Gasteiger partial charge on any atom is -0.490 e. The fourth-order valence-electron chi connectivity index (χ4n) is 2.67. The number of hydrogen-bond donors (Lipinski definition) is 0. The van der Waals surface area contributed by atoms with Crippen LogP contribution < -0.4 is 9.47 Å². The average Bonchev–Trinajstić information content (AvgIpc) is 2.59. The highest BCUT2D eigenvalue weighted by Gasteiger charge is 2.17. The van der Waals surface area contributed by atoms with Crippen molar-refractivity contribution in [3.05, 3.63) is 53.7 Å². The van der Waals surface area contributed by atoms with Gasteiger partial charge in [0.15, 0.2) is 5.16 Å². The highest BCUT2D eigenvalue weighted by Crippen LogP contribution is 2.29. The summed E-state index contributed by atoms with van der Waals surface area (Å²) in [5.74, 6) is 1.55. The molecule has 0 radical (unpaired) electrons.